The van der Waals surface area contributed by atoms with Gasteiger partial charge in [-0.3, -0.25) is 5.32 Å². The van der Waals surface area contributed by atoms with Gasteiger partial charge in [-0.05, 0) is 60.1 Å². The summed E-state index contributed by atoms with van der Waals surface area (Å²) in [7, 11) is 0. The van der Waals surface area contributed by atoms with Crippen molar-refractivity contribution < 1.29 is 4.79 Å². The number of nitrogens with one attached hydrogen (secondary N) is 2. The fourth-order valence-electron chi connectivity index (χ4n) is 2.04. The topological polar surface area (TPSA) is 79.8 Å². The first kappa shape index (κ1) is 15.4. The highest BCUT2D eigenvalue weighted by Gasteiger charge is 2.06. The van der Waals surface area contributed by atoms with Gasteiger partial charge < -0.3 is 5.32 Å². The van der Waals surface area contributed by atoms with Crippen molar-refractivity contribution in [3.63, 3.8) is 0 Å². The van der Waals surface area contributed by atoms with Crippen LogP contribution in [0.1, 0.15) is 11.4 Å². The maximum absolute atomic E-state index is 12.0. The number of halogens is 1. The van der Waals surface area contributed by atoms with Crippen LogP contribution in [0, 0.1) is 13.8 Å². The van der Waals surface area contributed by atoms with E-state index in [9.17, 15) is 4.79 Å². The van der Waals surface area contributed by atoms with Gasteiger partial charge in [-0.15, -0.1) is 0 Å². The largest absolute Gasteiger partial charge is 0.324 e. The predicted molar refractivity (Wildman–Crippen MR) is 93.6 cm³/mol. The molecule has 2 heterocycles. The summed E-state index contributed by atoms with van der Waals surface area (Å²) >= 11 is 3.30. The lowest BCUT2D eigenvalue weighted by atomic mass is 10.2. The highest BCUT2D eigenvalue weighted by molar-refractivity contribution is 9.10. The molecule has 6 nitrogen and oxygen atoms in total. The summed E-state index contributed by atoms with van der Waals surface area (Å²) in [5.74, 6) is 0.470. The molecule has 0 aliphatic rings. The number of fused-ring (bicyclic) bond motifs is 1. The number of carbonyl (C=O) groups excluding carboxylic acids is 1. The van der Waals surface area contributed by atoms with E-state index in [1.54, 1.807) is 30.5 Å². The molecule has 1 aromatic carbocycles. The van der Waals surface area contributed by atoms with Crippen molar-refractivity contribution in [2.24, 2.45) is 0 Å². The number of aryl methyl sites for hydroxylation is 2. The molecular formula is C16H14BrN5O. The molecule has 0 aliphatic heterocycles. The molecule has 0 unspecified atom stereocenters. The quantitative estimate of drug-likeness (QED) is 0.711. The van der Waals surface area contributed by atoms with E-state index in [4.69, 9.17) is 0 Å². The number of aromatic nitrogens is 3. The molecule has 116 valence electrons. The van der Waals surface area contributed by atoms with Crippen molar-refractivity contribution in [1.29, 1.82) is 0 Å². The van der Waals surface area contributed by atoms with Gasteiger partial charge in [-0.1, -0.05) is 0 Å². The summed E-state index contributed by atoms with van der Waals surface area (Å²) in [5.41, 5.74) is 3.96. The van der Waals surface area contributed by atoms with Gasteiger partial charge in [0.25, 0.3) is 0 Å². The maximum Gasteiger partial charge on any atom is 0.324 e. The summed E-state index contributed by atoms with van der Waals surface area (Å²) in [6, 6.07) is 8.57. The van der Waals surface area contributed by atoms with Crippen LogP contribution in [0.25, 0.3) is 11.0 Å². The van der Waals surface area contributed by atoms with E-state index in [1.165, 1.54) is 0 Å². The van der Waals surface area contributed by atoms with Crippen molar-refractivity contribution in [3.05, 3.63) is 52.4 Å². The first-order valence-electron chi connectivity index (χ1n) is 6.96. The minimum atomic E-state index is -0.365. The molecule has 3 aromatic rings. The number of anilines is 2. The van der Waals surface area contributed by atoms with Crippen LogP contribution in [0.5, 0.6) is 0 Å². The van der Waals surface area contributed by atoms with E-state index in [0.29, 0.717) is 11.5 Å². The molecule has 0 spiro atoms. The summed E-state index contributed by atoms with van der Waals surface area (Å²) in [4.78, 5) is 25.1. The van der Waals surface area contributed by atoms with Gasteiger partial charge in [0, 0.05) is 16.4 Å². The zero-order chi connectivity index (χ0) is 16.4. The second kappa shape index (κ2) is 6.29. The molecule has 7 heteroatoms. The summed E-state index contributed by atoms with van der Waals surface area (Å²) in [6.45, 7) is 3.83. The van der Waals surface area contributed by atoms with Crippen LogP contribution in [0.2, 0.25) is 0 Å². The van der Waals surface area contributed by atoms with Crippen molar-refractivity contribution >= 4 is 44.5 Å². The molecule has 0 radical (unpaired) electrons. The van der Waals surface area contributed by atoms with E-state index < -0.39 is 0 Å². The molecule has 0 fully saturated rings. The molecular weight excluding hydrogens is 358 g/mol. The third kappa shape index (κ3) is 3.62. The number of rotatable bonds is 2. The van der Waals surface area contributed by atoms with E-state index >= 15 is 0 Å². The Morgan fingerprint density at radius 2 is 1.74 bits per heavy atom. The second-order valence-corrected chi connectivity index (χ2v) is 5.95. The molecule has 3 rings (SSSR count). The lowest BCUT2D eigenvalue weighted by Gasteiger charge is -2.08. The molecule has 0 saturated carbocycles. The number of nitrogens with zero attached hydrogens (tertiary/aromatic N) is 3. The third-order valence-electron chi connectivity index (χ3n) is 3.30. The van der Waals surface area contributed by atoms with Crippen LogP contribution in [0.4, 0.5) is 16.3 Å². The van der Waals surface area contributed by atoms with Gasteiger partial charge in [0.1, 0.15) is 5.82 Å². The highest BCUT2D eigenvalue weighted by atomic mass is 79.9. The number of carbonyl (C=O) groups is 1. The van der Waals surface area contributed by atoms with Crippen molar-refractivity contribution in [1.82, 2.24) is 15.0 Å². The Hall–Kier alpha value is -2.54. The van der Waals surface area contributed by atoms with E-state index in [1.807, 2.05) is 19.9 Å². The standard InChI is InChI=1S/C16H14BrN5O/c1-9-10(2)20-14-7-12(4-5-13(14)19-9)21-16(23)22-15-6-3-11(17)8-18-15/h3-8H,1-2H3,(H2,18,21,22,23). The zero-order valence-electron chi connectivity index (χ0n) is 12.6. The van der Waals surface area contributed by atoms with Gasteiger partial charge in [-0.25, -0.2) is 19.7 Å². The minimum Gasteiger partial charge on any atom is -0.308 e. The number of amides is 2. The SMILES string of the molecule is Cc1nc2ccc(NC(=O)Nc3ccc(Br)cn3)cc2nc1C. The van der Waals surface area contributed by atoms with E-state index in [0.717, 1.165) is 26.9 Å². The Kier molecular flexibility index (Phi) is 4.20. The van der Waals surface area contributed by atoms with Gasteiger partial charge >= 0.3 is 6.03 Å². The van der Waals surface area contributed by atoms with Crippen LogP contribution in [-0.2, 0) is 0 Å². The van der Waals surface area contributed by atoms with Crippen molar-refractivity contribution in [2.75, 3.05) is 10.6 Å². The van der Waals surface area contributed by atoms with Gasteiger partial charge in [0.05, 0.1) is 22.4 Å². The molecule has 23 heavy (non-hydrogen) atoms. The van der Waals surface area contributed by atoms with E-state index in [2.05, 4.69) is 41.5 Å². The molecule has 0 aliphatic carbocycles. The third-order valence-corrected chi connectivity index (χ3v) is 3.77. The monoisotopic (exact) mass is 371 g/mol. The Morgan fingerprint density at radius 3 is 2.43 bits per heavy atom. The van der Waals surface area contributed by atoms with E-state index in [-0.39, 0.29) is 6.03 Å². The first-order chi connectivity index (χ1) is 11.0. The number of benzene rings is 1. The lowest BCUT2D eigenvalue weighted by molar-refractivity contribution is 0.262. The van der Waals surface area contributed by atoms with Gasteiger partial charge in [-0.2, -0.15) is 0 Å². The van der Waals surface area contributed by atoms with Crippen LogP contribution in [0.3, 0.4) is 0 Å². The second-order valence-electron chi connectivity index (χ2n) is 5.04. The zero-order valence-corrected chi connectivity index (χ0v) is 14.2. The normalized spacial score (nSPS) is 10.6. The van der Waals surface area contributed by atoms with Crippen LogP contribution < -0.4 is 10.6 Å². The summed E-state index contributed by atoms with van der Waals surface area (Å²) in [6.07, 6.45) is 1.62. The van der Waals surface area contributed by atoms with Gasteiger partial charge in [0.15, 0.2) is 0 Å². The Morgan fingerprint density at radius 1 is 1.00 bits per heavy atom. The Labute approximate surface area is 141 Å². The van der Waals surface area contributed by atoms with Crippen molar-refractivity contribution in [2.45, 2.75) is 13.8 Å². The van der Waals surface area contributed by atoms with Gasteiger partial charge in [0.2, 0.25) is 0 Å². The molecule has 0 bridgehead atoms. The fourth-order valence-corrected chi connectivity index (χ4v) is 2.27. The average Bonchev–Trinajstić information content (AvgIpc) is 2.51. The number of hydrogen-bond donors (Lipinski definition) is 2. The van der Waals surface area contributed by atoms with Crippen LogP contribution >= 0.6 is 15.9 Å². The Balaban J connectivity index is 1.76. The molecule has 2 N–H and O–H groups in total. The summed E-state index contributed by atoms with van der Waals surface area (Å²) < 4.78 is 0.849. The molecule has 2 amide bonds. The smallest absolute Gasteiger partial charge is 0.308 e. The maximum atomic E-state index is 12.0. The number of pyridine rings is 1. The van der Waals surface area contributed by atoms with Crippen molar-refractivity contribution in [3.8, 4) is 0 Å². The molecule has 0 saturated heterocycles. The lowest BCUT2D eigenvalue weighted by Crippen LogP contribution is -2.20. The molecule has 0 atom stereocenters. The predicted octanol–water partition coefficient (Wildman–Crippen LogP) is 4.05. The highest BCUT2D eigenvalue weighted by Crippen LogP contribution is 2.18. The average molecular weight is 372 g/mol. The fraction of sp³-hybridized carbons (Fsp3) is 0.125. The number of hydrogen-bond acceptors (Lipinski definition) is 4. The molecule has 2 aromatic heterocycles. The minimum absolute atomic E-state index is 0.365. The summed E-state index contributed by atoms with van der Waals surface area (Å²) in [5, 5.41) is 5.43. The van der Waals surface area contributed by atoms with Crippen LogP contribution in [-0.4, -0.2) is 21.0 Å². The van der Waals surface area contributed by atoms with Crippen LogP contribution in [0.15, 0.2) is 41.0 Å². The first-order valence-corrected chi connectivity index (χ1v) is 7.75. The Bertz CT molecular complexity index is 880. The number of urea groups is 1.